The summed E-state index contributed by atoms with van der Waals surface area (Å²) in [5.41, 5.74) is 3.59. The van der Waals surface area contributed by atoms with E-state index in [2.05, 4.69) is 20.7 Å². The second-order valence-corrected chi connectivity index (χ2v) is 7.31. The quantitative estimate of drug-likeness (QED) is 0.634. The molecule has 0 saturated carbocycles. The van der Waals surface area contributed by atoms with Gasteiger partial charge < -0.3 is 14.8 Å². The van der Waals surface area contributed by atoms with Crippen LogP contribution in [-0.4, -0.2) is 40.3 Å². The van der Waals surface area contributed by atoms with Gasteiger partial charge in [0.15, 0.2) is 18.1 Å². The Bertz CT molecular complexity index is 1120. The Balaban J connectivity index is 1.48. The van der Waals surface area contributed by atoms with Crippen LogP contribution < -0.4 is 20.1 Å². The summed E-state index contributed by atoms with van der Waals surface area (Å²) in [6.07, 6.45) is 1.63. The number of hydrogen-bond donors (Lipinski definition) is 2. The van der Waals surface area contributed by atoms with Gasteiger partial charge in [0.05, 0.1) is 19.6 Å². The first kappa shape index (κ1) is 20.4. The van der Waals surface area contributed by atoms with Gasteiger partial charge in [0.1, 0.15) is 6.33 Å². The third-order valence-corrected chi connectivity index (χ3v) is 5.18. The number of anilines is 2. The molecule has 0 fully saturated rings. The van der Waals surface area contributed by atoms with Gasteiger partial charge in [0.25, 0.3) is 5.91 Å². The lowest BCUT2D eigenvalue weighted by molar-refractivity contribution is -0.118. The van der Waals surface area contributed by atoms with Crippen LogP contribution >= 0.6 is 0 Å². The molecule has 2 amide bonds. The van der Waals surface area contributed by atoms with Crippen molar-refractivity contribution in [2.75, 3.05) is 24.4 Å². The third-order valence-electron chi connectivity index (χ3n) is 5.18. The molecule has 0 radical (unpaired) electrons. The number of methoxy groups -OCH3 is 1. The van der Waals surface area contributed by atoms with Crippen LogP contribution in [0.1, 0.15) is 29.2 Å². The highest BCUT2D eigenvalue weighted by molar-refractivity contribution is 5.93. The molecule has 4 rings (SSSR count). The number of fused-ring (bicyclic) bond motifs is 1. The summed E-state index contributed by atoms with van der Waals surface area (Å²) in [7, 11) is 1.53. The number of amides is 2. The molecule has 160 valence electrons. The Kier molecular flexibility index (Phi) is 5.57. The molecule has 9 nitrogen and oxygen atoms in total. The molecule has 0 bridgehead atoms. The zero-order chi connectivity index (χ0) is 22.0. The van der Waals surface area contributed by atoms with Gasteiger partial charge in [-0.05, 0) is 42.7 Å². The second-order valence-electron chi connectivity index (χ2n) is 7.31. The van der Waals surface area contributed by atoms with Gasteiger partial charge in [-0.2, -0.15) is 10.1 Å². The number of nitrogens with one attached hydrogen (secondary N) is 2. The van der Waals surface area contributed by atoms with Crippen LogP contribution in [0.2, 0.25) is 0 Å². The normalized spacial score (nSPS) is 15.1. The molecule has 1 aliphatic rings. The van der Waals surface area contributed by atoms with Gasteiger partial charge in [-0.15, -0.1) is 0 Å². The van der Waals surface area contributed by atoms with E-state index in [0.717, 1.165) is 22.4 Å². The van der Waals surface area contributed by atoms with Gasteiger partial charge in [-0.25, -0.2) is 4.68 Å². The average Bonchev–Trinajstić information content (AvgIpc) is 3.22. The summed E-state index contributed by atoms with van der Waals surface area (Å²) in [5, 5.41) is 9.79. The molecule has 0 saturated heterocycles. The molecule has 1 aromatic heterocycles. The number of aryl methyl sites for hydroxylation is 2. The molecule has 2 heterocycles. The van der Waals surface area contributed by atoms with E-state index >= 15 is 0 Å². The first-order chi connectivity index (χ1) is 15.0. The summed E-state index contributed by atoms with van der Waals surface area (Å²) >= 11 is 0. The molecule has 1 atom stereocenters. The maximum Gasteiger partial charge on any atom is 0.262 e. The number of carbonyl (C=O) groups is 2. The first-order valence-electron chi connectivity index (χ1n) is 9.82. The lowest BCUT2D eigenvalue weighted by atomic mass is 10.0. The fraction of sp³-hybridized carbons (Fsp3) is 0.273. The molecular weight excluding hydrogens is 398 g/mol. The minimum absolute atomic E-state index is 0.132. The van der Waals surface area contributed by atoms with Gasteiger partial charge in [0, 0.05) is 5.69 Å². The molecule has 3 aromatic rings. The summed E-state index contributed by atoms with van der Waals surface area (Å²) in [6, 6.07) is 10.9. The first-order valence-corrected chi connectivity index (χ1v) is 9.82. The van der Waals surface area contributed by atoms with Crippen molar-refractivity contribution in [3.05, 3.63) is 59.4 Å². The van der Waals surface area contributed by atoms with E-state index in [9.17, 15) is 9.59 Å². The maximum atomic E-state index is 12.4. The van der Waals surface area contributed by atoms with Crippen LogP contribution in [-0.2, 0) is 9.59 Å². The summed E-state index contributed by atoms with van der Waals surface area (Å²) in [6.45, 7) is 3.72. The number of para-hydroxylation sites is 1. The SMILES string of the molecule is COc1cc(C2CC(=O)Nc3ncnn32)ccc1OCC(=O)Nc1c(C)cccc1C. The Morgan fingerprint density at radius 3 is 2.74 bits per heavy atom. The van der Waals surface area contributed by atoms with Gasteiger partial charge in [-0.3, -0.25) is 14.9 Å². The van der Waals surface area contributed by atoms with E-state index in [-0.39, 0.29) is 30.9 Å². The zero-order valence-electron chi connectivity index (χ0n) is 17.5. The molecule has 31 heavy (non-hydrogen) atoms. The van der Waals surface area contributed by atoms with E-state index in [1.165, 1.54) is 13.4 Å². The van der Waals surface area contributed by atoms with Crippen LogP contribution in [0.25, 0.3) is 0 Å². The van der Waals surface area contributed by atoms with E-state index < -0.39 is 0 Å². The smallest absolute Gasteiger partial charge is 0.262 e. The second kappa shape index (κ2) is 8.47. The predicted molar refractivity (Wildman–Crippen MR) is 114 cm³/mol. The Morgan fingerprint density at radius 1 is 1.23 bits per heavy atom. The number of aromatic nitrogens is 3. The van der Waals surface area contributed by atoms with Crippen LogP contribution in [0.5, 0.6) is 11.5 Å². The topological polar surface area (TPSA) is 107 Å². The van der Waals surface area contributed by atoms with Crippen molar-refractivity contribution in [3.63, 3.8) is 0 Å². The molecule has 0 aliphatic carbocycles. The Hall–Kier alpha value is -3.88. The number of benzene rings is 2. The van der Waals surface area contributed by atoms with E-state index in [0.29, 0.717) is 17.4 Å². The molecule has 1 unspecified atom stereocenters. The fourth-order valence-electron chi connectivity index (χ4n) is 3.61. The van der Waals surface area contributed by atoms with Gasteiger partial charge in [-0.1, -0.05) is 24.3 Å². The van der Waals surface area contributed by atoms with Crippen molar-refractivity contribution in [2.45, 2.75) is 26.3 Å². The minimum Gasteiger partial charge on any atom is -0.493 e. The molecule has 1 aliphatic heterocycles. The van der Waals surface area contributed by atoms with E-state index in [4.69, 9.17) is 9.47 Å². The zero-order valence-corrected chi connectivity index (χ0v) is 17.5. The van der Waals surface area contributed by atoms with Crippen molar-refractivity contribution in [3.8, 4) is 11.5 Å². The lowest BCUT2D eigenvalue weighted by Gasteiger charge is -2.24. The highest BCUT2D eigenvalue weighted by atomic mass is 16.5. The fourth-order valence-corrected chi connectivity index (χ4v) is 3.61. The maximum absolute atomic E-state index is 12.4. The lowest BCUT2D eigenvalue weighted by Crippen LogP contribution is -2.29. The van der Waals surface area contributed by atoms with Crippen molar-refractivity contribution in [1.29, 1.82) is 0 Å². The summed E-state index contributed by atoms with van der Waals surface area (Å²) in [5.74, 6) is 0.906. The molecule has 2 N–H and O–H groups in total. The number of hydrogen-bond acceptors (Lipinski definition) is 6. The Labute approximate surface area is 179 Å². The monoisotopic (exact) mass is 421 g/mol. The third kappa shape index (κ3) is 4.20. The standard InChI is InChI=1S/C22H23N5O4/c1-13-5-4-6-14(2)21(13)25-20(29)11-31-17-8-7-15(9-18(17)30-3)16-10-19(28)26-22-23-12-24-27(16)22/h4-9,12,16H,10-11H2,1-3H3,(H,25,29)(H,23,24,26,28). The van der Waals surface area contributed by atoms with Crippen LogP contribution in [0.3, 0.4) is 0 Å². The molecular formula is C22H23N5O4. The van der Waals surface area contributed by atoms with Crippen molar-refractivity contribution in [1.82, 2.24) is 14.8 Å². The van der Waals surface area contributed by atoms with Crippen molar-refractivity contribution < 1.29 is 19.1 Å². The minimum atomic E-state index is -0.304. The summed E-state index contributed by atoms with van der Waals surface area (Å²) in [4.78, 5) is 28.5. The van der Waals surface area contributed by atoms with Crippen molar-refractivity contribution in [2.24, 2.45) is 0 Å². The number of ether oxygens (including phenoxy) is 2. The number of carbonyl (C=O) groups excluding carboxylic acids is 2. The predicted octanol–water partition coefficient (Wildman–Crippen LogP) is 2.85. The Morgan fingerprint density at radius 2 is 2.00 bits per heavy atom. The van der Waals surface area contributed by atoms with Crippen molar-refractivity contribution >= 4 is 23.5 Å². The van der Waals surface area contributed by atoms with Crippen LogP contribution in [0, 0.1) is 13.8 Å². The largest absolute Gasteiger partial charge is 0.493 e. The van der Waals surface area contributed by atoms with E-state index in [1.807, 2.05) is 38.1 Å². The summed E-state index contributed by atoms with van der Waals surface area (Å²) < 4.78 is 12.8. The average molecular weight is 421 g/mol. The van der Waals surface area contributed by atoms with E-state index in [1.54, 1.807) is 16.8 Å². The van der Waals surface area contributed by atoms with Gasteiger partial charge in [0.2, 0.25) is 11.9 Å². The molecule has 2 aromatic carbocycles. The highest BCUT2D eigenvalue weighted by Gasteiger charge is 2.28. The number of nitrogens with zero attached hydrogens (tertiary/aromatic N) is 3. The number of rotatable bonds is 6. The van der Waals surface area contributed by atoms with Gasteiger partial charge >= 0.3 is 0 Å². The molecule has 9 heteroatoms. The highest BCUT2D eigenvalue weighted by Crippen LogP contribution is 2.35. The van der Waals surface area contributed by atoms with Crippen LogP contribution in [0.15, 0.2) is 42.7 Å². The van der Waals surface area contributed by atoms with Crippen LogP contribution in [0.4, 0.5) is 11.6 Å². The molecule has 0 spiro atoms.